The maximum absolute atomic E-state index is 12.7. The number of anilines is 1. The molecule has 3 heterocycles. The molecule has 0 radical (unpaired) electrons. The summed E-state index contributed by atoms with van der Waals surface area (Å²) < 4.78 is 23.9. The highest BCUT2D eigenvalue weighted by molar-refractivity contribution is 5.83. The summed E-state index contributed by atoms with van der Waals surface area (Å²) in [5.74, 6) is 1.10. The summed E-state index contributed by atoms with van der Waals surface area (Å²) in [6.45, 7) is 2.14. The molecule has 4 atom stereocenters. The number of esters is 3. The van der Waals surface area contributed by atoms with Gasteiger partial charge in [0.1, 0.15) is 36.1 Å². The van der Waals surface area contributed by atoms with Gasteiger partial charge in [0, 0.05) is 12.8 Å². The van der Waals surface area contributed by atoms with Crippen molar-refractivity contribution in [1.82, 2.24) is 19.5 Å². The van der Waals surface area contributed by atoms with E-state index in [9.17, 15) is 28.8 Å². The van der Waals surface area contributed by atoms with Gasteiger partial charge in [0.15, 0.2) is 29.9 Å². The van der Waals surface area contributed by atoms with Gasteiger partial charge in [-0.15, -0.1) is 0 Å². The van der Waals surface area contributed by atoms with Crippen molar-refractivity contribution in [2.75, 3.05) is 12.3 Å². The van der Waals surface area contributed by atoms with Crippen LogP contribution in [-0.2, 0) is 52.6 Å². The lowest BCUT2D eigenvalue weighted by atomic mass is 10.1. The van der Waals surface area contributed by atoms with Crippen LogP contribution in [0.5, 0.6) is 0 Å². The van der Waals surface area contributed by atoms with E-state index in [2.05, 4.69) is 19.8 Å². The summed E-state index contributed by atoms with van der Waals surface area (Å²) in [4.78, 5) is 87.9. The second kappa shape index (κ2) is 14.2. The van der Waals surface area contributed by atoms with Crippen molar-refractivity contribution in [3.8, 4) is 0 Å². The number of nitrogens with two attached hydrogens (primary N) is 2. The number of rotatable bonds is 14. The van der Waals surface area contributed by atoms with Gasteiger partial charge < -0.3 is 39.1 Å². The Morgan fingerprint density at radius 1 is 0.829 bits per heavy atom. The Hall–Kier alpha value is -4.51. The van der Waals surface area contributed by atoms with E-state index in [1.165, 1.54) is 31.1 Å². The van der Waals surface area contributed by atoms with Crippen LogP contribution >= 0.6 is 0 Å². The normalized spacial score (nSPS) is 19.9. The minimum Gasteiger partial charge on any atom is -0.463 e. The van der Waals surface area contributed by atoms with Crippen LogP contribution in [0.15, 0.2) is 12.7 Å². The summed E-state index contributed by atoms with van der Waals surface area (Å²) in [5.41, 5.74) is 6.31. The largest absolute Gasteiger partial charge is 0.463 e. The fourth-order valence-corrected chi connectivity index (χ4v) is 3.88. The summed E-state index contributed by atoms with van der Waals surface area (Å²) in [6, 6.07) is 0. The first-order chi connectivity index (χ1) is 19.5. The van der Waals surface area contributed by atoms with E-state index in [1.54, 1.807) is 0 Å². The average Bonchev–Trinajstić information content (AvgIpc) is 3.50. The lowest BCUT2D eigenvalue weighted by molar-refractivity contribution is -0.169. The topological polar surface area (TPSA) is 244 Å². The lowest BCUT2D eigenvalue weighted by Crippen LogP contribution is -2.41. The number of nitrogen functional groups attached to an aromatic ring is 1. The Morgan fingerprint density at radius 3 is 2.02 bits per heavy atom. The molecule has 1 aliphatic rings. The Labute approximate surface area is 232 Å². The SMILES string of the molecule is CC(=O)CCC(=O)OC1[C@@H](COC(=O)CCC(=O)ON)O[C@@H](n2cnc3c(N)ncnc32)[C@H]1OC(=O)CCC(C)=O. The number of ketones is 2. The number of carbonyl (C=O) groups excluding carboxylic acids is 6. The first-order valence-electron chi connectivity index (χ1n) is 12.5. The third-order valence-electron chi connectivity index (χ3n) is 5.92. The van der Waals surface area contributed by atoms with Gasteiger partial charge in [0.25, 0.3) is 0 Å². The Morgan fingerprint density at radius 2 is 1.41 bits per heavy atom. The van der Waals surface area contributed by atoms with Gasteiger partial charge >= 0.3 is 23.9 Å². The van der Waals surface area contributed by atoms with Crippen molar-refractivity contribution in [2.24, 2.45) is 5.90 Å². The molecular weight excluding hydrogens is 548 g/mol. The van der Waals surface area contributed by atoms with Crippen LogP contribution in [0.3, 0.4) is 0 Å². The standard InChI is InChI=1S/C24H30N6O11/c1-12(31)3-5-16(34)39-20-14(9-37-15(33)7-8-18(36)41-26)38-24(21(20)40-17(35)6-4-13(2)32)30-11-29-19-22(25)27-10-28-23(19)30/h10-11,14,20-21,24H,3-9,26H2,1-2H3,(H2,25,27,28)/t14-,20?,21+,24-/m1/s1. The van der Waals surface area contributed by atoms with E-state index < -0.39 is 55.0 Å². The average molecular weight is 579 g/mol. The van der Waals surface area contributed by atoms with E-state index in [0.29, 0.717) is 0 Å². The zero-order valence-electron chi connectivity index (χ0n) is 22.3. The molecule has 0 spiro atoms. The predicted molar refractivity (Wildman–Crippen MR) is 134 cm³/mol. The second-order valence-electron chi connectivity index (χ2n) is 9.13. The van der Waals surface area contributed by atoms with Crippen molar-refractivity contribution in [2.45, 2.75) is 76.9 Å². The molecule has 1 saturated heterocycles. The molecule has 1 aliphatic heterocycles. The Bertz CT molecular complexity index is 1310. The highest BCUT2D eigenvalue weighted by Gasteiger charge is 2.51. The molecule has 0 amide bonds. The number of ether oxygens (including phenoxy) is 4. The van der Waals surface area contributed by atoms with E-state index in [1.807, 2.05) is 0 Å². The molecule has 222 valence electrons. The number of imidazole rings is 1. The van der Waals surface area contributed by atoms with Crippen molar-refractivity contribution in [1.29, 1.82) is 0 Å². The van der Waals surface area contributed by atoms with Crippen molar-refractivity contribution in [3.05, 3.63) is 12.7 Å². The molecule has 17 nitrogen and oxygen atoms in total. The molecule has 2 aromatic heterocycles. The van der Waals surface area contributed by atoms with Gasteiger partial charge in [0.2, 0.25) is 0 Å². The van der Waals surface area contributed by atoms with E-state index in [4.69, 9.17) is 30.6 Å². The zero-order valence-corrected chi connectivity index (χ0v) is 22.3. The first kappa shape index (κ1) is 31.0. The third kappa shape index (κ3) is 8.49. The molecule has 0 saturated carbocycles. The number of hydrogen-bond acceptors (Lipinski definition) is 16. The van der Waals surface area contributed by atoms with Gasteiger partial charge in [-0.05, 0) is 13.8 Å². The fraction of sp³-hybridized carbons (Fsp3) is 0.542. The number of Topliss-reactive ketones (excluding diaryl/α,β-unsaturated/α-hetero) is 2. The molecule has 0 aromatic carbocycles. The summed E-state index contributed by atoms with van der Waals surface area (Å²) in [7, 11) is 0. The molecule has 1 fully saturated rings. The predicted octanol–water partition coefficient (Wildman–Crippen LogP) is -0.392. The van der Waals surface area contributed by atoms with Crippen molar-refractivity contribution >= 4 is 52.4 Å². The number of fused-ring (bicyclic) bond motifs is 1. The van der Waals surface area contributed by atoms with Gasteiger partial charge in [-0.2, -0.15) is 5.90 Å². The first-order valence-corrected chi connectivity index (χ1v) is 12.5. The van der Waals surface area contributed by atoms with E-state index in [-0.39, 0.29) is 67.1 Å². The highest BCUT2D eigenvalue weighted by Crippen LogP contribution is 2.36. The fourth-order valence-electron chi connectivity index (χ4n) is 3.88. The molecule has 0 aliphatic carbocycles. The second-order valence-corrected chi connectivity index (χ2v) is 9.13. The van der Waals surface area contributed by atoms with Crippen LogP contribution in [-0.4, -0.2) is 79.9 Å². The van der Waals surface area contributed by atoms with Crippen molar-refractivity contribution < 1.29 is 52.6 Å². The summed E-state index contributed by atoms with van der Waals surface area (Å²) in [6.07, 6.45) is -4.00. The Kier molecular flexibility index (Phi) is 10.8. The maximum atomic E-state index is 12.7. The molecule has 2 aromatic rings. The summed E-state index contributed by atoms with van der Waals surface area (Å²) >= 11 is 0. The molecule has 4 N–H and O–H groups in total. The Balaban J connectivity index is 1.92. The molecule has 3 rings (SSSR count). The monoisotopic (exact) mass is 578 g/mol. The van der Waals surface area contributed by atoms with Crippen LogP contribution in [0.2, 0.25) is 0 Å². The zero-order chi connectivity index (χ0) is 30.1. The highest BCUT2D eigenvalue weighted by atomic mass is 16.7. The lowest BCUT2D eigenvalue weighted by Gasteiger charge is -2.24. The quantitative estimate of drug-likeness (QED) is 0.164. The van der Waals surface area contributed by atoms with Crippen LogP contribution < -0.4 is 11.6 Å². The van der Waals surface area contributed by atoms with Gasteiger partial charge in [0.05, 0.1) is 32.0 Å². The number of carbonyl (C=O) groups is 6. The molecule has 17 heteroatoms. The minimum atomic E-state index is -1.33. The van der Waals surface area contributed by atoms with Crippen LogP contribution in [0.25, 0.3) is 11.2 Å². The number of hydrogen-bond donors (Lipinski definition) is 2. The van der Waals surface area contributed by atoms with Gasteiger partial charge in [-0.25, -0.2) is 15.0 Å². The minimum absolute atomic E-state index is 0.0652. The van der Waals surface area contributed by atoms with Crippen LogP contribution in [0.1, 0.15) is 58.6 Å². The summed E-state index contributed by atoms with van der Waals surface area (Å²) in [5, 5.41) is 0. The maximum Gasteiger partial charge on any atom is 0.325 e. The smallest absolute Gasteiger partial charge is 0.325 e. The van der Waals surface area contributed by atoms with Crippen LogP contribution in [0, 0.1) is 0 Å². The number of nitrogens with zero attached hydrogens (tertiary/aromatic N) is 4. The van der Waals surface area contributed by atoms with Crippen LogP contribution in [0.4, 0.5) is 5.82 Å². The number of aromatic nitrogens is 4. The van der Waals surface area contributed by atoms with Gasteiger partial charge in [-0.1, -0.05) is 0 Å². The van der Waals surface area contributed by atoms with Crippen molar-refractivity contribution in [3.63, 3.8) is 0 Å². The van der Waals surface area contributed by atoms with E-state index >= 15 is 0 Å². The molecule has 41 heavy (non-hydrogen) atoms. The van der Waals surface area contributed by atoms with E-state index in [0.717, 1.165) is 0 Å². The van der Waals surface area contributed by atoms with Gasteiger partial charge in [-0.3, -0.25) is 23.7 Å². The molecule has 1 unspecified atom stereocenters. The molecular formula is C24H30N6O11. The third-order valence-corrected chi connectivity index (χ3v) is 5.92. The molecule has 0 bridgehead atoms.